The van der Waals surface area contributed by atoms with Crippen LogP contribution in [-0.2, 0) is 14.3 Å². The van der Waals surface area contributed by atoms with E-state index in [-0.39, 0.29) is 17.1 Å². The summed E-state index contributed by atoms with van der Waals surface area (Å²) in [6, 6.07) is 0. The Kier molecular flexibility index (Phi) is 7.71. The monoisotopic (exact) mass is 241 g/mol. The van der Waals surface area contributed by atoms with Gasteiger partial charge in [0.2, 0.25) is 5.91 Å². The summed E-state index contributed by atoms with van der Waals surface area (Å²) in [4.78, 5) is 22.1. The predicted octanol–water partition coefficient (Wildman–Crippen LogP) is 1.12. The molecular weight excluding hydrogens is 222 g/mol. The third-order valence-electron chi connectivity index (χ3n) is 2.22. The Hall–Kier alpha value is -1.62. The number of nitrogens with one attached hydrogen (secondary N) is 1. The van der Waals surface area contributed by atoms with Crippen LogP contribution >= 0.6 is 0 Å². The summed E-state index contributed by atoms with van der Waals surface area (Å²) >= 11 is 0. The highest BCUT2D eigenvalue weighted by atomic mass is 16.5. The Balaban J connectivity index is 3.91. The maximum atomic E-state index is 11.5. The van der Waals surface area contributed by atoms with Gasteiger partial charge in [-0.1, -0.05) is 6.08 Å². The first-order chi connectivity index (χ1) is 8.00. The van der Waals surface area contributed by atoms with Crippen LogP contribution in [0.25, 0.3) is 0 Å². The average molecular weight is 241 g/mol. The Labute approximate surface area is 101 Å². The molecule has 5 nitrogen and oxygen atoms in total. The standard InChI is InChI=1S/C12H19NO4/c1-4-5-7-17-8-6-13-11(14)9(2)10(3)12(15)16/h4H,1,5-8H2,2-3H3,(H,13,14)(H,15,16)/b10-9+. The lowest BCUT2D eigenvalue weighted by Gasteiger charge is -2.07. The van der Waals surface area contributed by atoms with E-state index in [4.69, 9.17) is 9.84 Å². The van der Waals surface area contributed by atoms with Crippen molar-refractivity contribution >= 4 is 11.9 Å². The first kappa shape index (κ1) is 15.4. The van der Waals surface area contributed by atoms with Gasteiger partial charge >= 0.3 is 5.97 Å². The van der Waals surface area contributed by atoms with Gasteiger partial charge in [-0.25, -0.2) is 4.79 Å². The highest BCUT2D eigenvalue weighted by molar-refractivity contribution is 6.01. The second-order valence-electron chi connectivity index (χ2n) is 3.50. The number of carbonyl (C=O) groups is 2. The molecule has 5 heteroatoms. The summed E-state index contributed by atoms with van der Waals surface area (Å²) < 4.78 is 5.19. The molecule has 2 N–H and O–H groups in total. The van der Waals surface area contributed by atoms with Crippen molar-refractivity contribution in [3.63, 3.8) is 0 Å². The van der Waals surface area contributed by atoms with Crippen LogP contribution in [0.1, 0.15) is 20.3 Å². The third-order valence-corrected chi connectivity index (χ3v) is 2.22. The molecular formula is C12H19NO4. The summed E-state index contributed by atoms with van der Waals surface area (Å²) in [6.45, 7) is 7.77. The van der Waals surface area contributed by atoms with Crippen LogP contribution in [0, 0.1) is 0 Å². The second-order valence-corrected chi connectivity index (χ2v) is 3.50. The lowest BCUT2D eigenvalue weighted by atomic mass is 10.1. The summed E-state index contributed by atoms with van der Waals surface area (Å²) in [6.07, 6.45) is 2.52. The van der Waals surface area contributed by atoms with Crippen LogP contribution in [0.4, 0.5) is 0 Å². The third kappa shape index (κ3) is 6.52. The molecule has 0 unspecified atom stereocenters. The molecule has 17 heavy (non-hydrogen) atoms. The van der Waals surface area contributed by atoms with Crippen molar-refractivity contribution in [2.75, 3.05) is 19.8 Å². The number of rotatable bonds is 8. The van der Waals surface area contributed by atoms with Gasteiger partial charge in [-0.05, 0) is 20.3 Å². The molecule has 0 aliphatic carbocycles. The summed E-state index contributed by atoms with van der Waals surface area (Å²) in [5.41, 5.74) is 0.263. The lowest BCUT2D eigenvalue weighted by Crippen LogP contribution is -2.29. The van der Waals surface area contributed by atoms with Crippen molar-refractivity contribution in [1.82, 2.24) is 5.32 Å². The van der Waals surface area contributed by atoms with E-state index in [1.54, 1.807) is 6.08 Å². The van der Waals surface area contributed by atoms with Crippen molar-refractivity contribution in [2.24, 2.45) is 0 Å². The normalized spacial score (nSPS) is 11.6. The van der Waals surface area contributed by atoms with Crippen molar-refractivity contribution in [3.8, 4) is 0 Å². The molecule has 0 radical (unpaired) electrons. The molecule has 0 atom stereocenters. The van der Waals surface area contributed by atoms with E-state index < -0.39 is 5.97 Å². The molecule has 0 aromatic rings. The number of carbonyl (C=O) groups excluding carboxylic acids is 1. The van der Waals surface area contributed by atoms with E-state index in [9.17, 15) is 9.59 Å². The fourth-order valence-corrected chi connectivity index (χ4v) is 0.969. The molecule has 0 rings (SSSR count). The minimum absolute atomic E-state index is 0.0510. The van der Waals surface area contributed by atoms with Crippen LogP contribution in [0.5, 0.6) is 0 Å². The first-order valence-electron chi connectivity index (χ1n) is 5.38. The highest BCUT2D eigenvalue weighted by Crippen LogP contribution is 2.02. The number of hydrogen-bond donors (Lipinski definition) is 2. The Morgan fingerprint density at radius 1 is 1.29 bits per heavy atom. The minimum atomic E-state index is -1.08. The molecule has 0 heterocycles. The van der Waals surface area contributed by atoms with E-state index in [0.717, 1.165) is 6.42 Å². The molecule has 0 saturated carbocycles. The van der Waals surface area contributed by atoms with E-state index in [1.807, 2.05) is 0 Å². The number of hydrogen-bond acceptors (Lipinski definition) is 3. The molecule has 0 aromatic carbocycles. The number of carboxylic acid groups (broad SMARTS) is 1. The smallest absolute Gasteiger partial charge is 0.331 e. The van der Waals surface area contributed by atoms with Gasteiger partial charge in [-0.2, -0.15) is 0 Å². The van der Waals surface area contributed by atoms with Crippen molar-refractivity contribution < 1.29 is 19.4 Å². The summed E-state index contributed by atoms with van der Waals surface area (Å²) in [5, 5.41) is 11.3. The van der Waals surface area contributed by atoms with Gasteiger partial charge in [0.1, 0.15) is 0 Å². The first-order valence-corrected chi connectivity index (χ1v) is 5.38. The molecule has 0 saturated heterocycles. The molecule has 0 spiro atoms. The number of ether oxygens (including phenoxy) is 1. The zero-order chi connectivity index (χ0) is 13.3. The largest absolute Gasteiger partial charge is 0.478 e. The van der Waals surface area contributed by atoms with Gasteiger partial charge in [0.15, 0.2) is 0 Å². The van der Waals surface area contributed by atoms with Gasteiger partial charge in [0, 0.05) is 17.7 Å². The summed E-state index contributed by atoms with van der Waals surface area (Å²) in [5.74, 6) is -1.46. The lowest BCUT2D eigenvalue weighted by molar-refractivity contribution is -0.133. The van der Waals surface area contributed by atoms with Crippen molar-refractivity contribution in [2.45, 2.75) is 20.3 Å². The number of amides is 1. The topological polar surface area (TPSA) is 75.6 Å². The highest BCUT2D eigenvalue weighted by Gasteiger charge is 2.11. The minimum Gasteiger partial charge on any atom is -0.478 e. The Morgan fingerprint density at radius 3 is 2.47 bits per heavy atom. The Bertz CT molecular complexity index is 320. The van der Waals surface area contributed by atoms with E-state index >= 15 is 0 Å². The van der Waals surface area contributed by atoms with Gasteiger partial charge < -0.3 is 15.2 Å². The number of carboxylic acids is 1. The molecule has 0 aliphatic heterocycles. The SMILES string of the molecule is C=CCCOCCNC(=O)/C(C)=C(\C)C(=O)O. The molecule has 1 amide bonds. The molecule has 96 valence electrons. The van der Waals surface area contributed by atoms with Gasteiger partial charge in [0.05, 0.1) is 13.2 Å². The van der Waals surface area contributed by atoms with Crippen LogP contribution in [0.3, 0.4) is 0 Å². The molecule has 0 aromatic heterocycles. The fourth-order valence-electron chi connectivity index (χ4n) is 0.969. The van der Waals surface area contributed by atoms with Crippen molar-refractivity contribution in [3.05, 3.63) is 23.8 Å². The van der Waals surface area contributed by atoms with Crippen molar-refractivity contribution in [1.29, 1.82) is 0 Å². The van der Waals surface area contributed by atoms with Gasteiger partial charge in [-0.15, -0.1) is 6.58 Å². The molecule has 0 fully saturated rings. The predicted molar refractivity (Wildman–Crippen MR) is 64.7 cm³/mol. The van der Waals surface area contributed by atoms with E-state index in [0.29, 0.717) is 19.8 Å². The van der Waals surface area contributed by atoms with Crippen LogP contribution in [0.15, 0.2) is 23.8 Å². The average Bonchev–Trinajstić information content (AvgIpc) is 2.31. The maximum Gasteiger partial charge on any atom is 0.331 e. The summed E-state index contributed by atoms with van der Waals surface area (Å²) in [7, 11) is 0. The van der Waals surface area contributed by atoms with Gasteiger partial charge in [-0.3, -0.25) is 4.79 Å². The number of aliphatic carboxylic acids is 1. The van der Waals surface area contributed by atoms with Crippen LogP contribution in [-0.4, -0.2) is 36.7 Å². The van der Waals surface area contributed by atoms with E-state index in [1.165, 1.54) is 13.8 Å². The maximum absolute atomic E-state index is 11.5. The molecule has 0 bridgehead atoms. The zero-order valence-corrected chi connectivity index (χ0v) is 10.3. The quantitative estimate of drug-likeness (QED) is 0.379. The second kappa shape index (κ2) is 8.52. The van der Waals surface area contributed by atoms with Crippen LogP contribution in [0.2, 0.25) is 0 Å². The Morgan fingerprint density at radius 2 is 1.94 bits per heavy atom. The fraction of sp³-hybridized carbons (Fsp3) is 0.500. The molecule has 0 aliphatic rings. The van der Waals surface area contributed by atoms with Gasteiger partial charge in [0.25, 0.3) is 0 Å². The van der Waals surface area contributed by atoms with E-state index in [2.05, 4.69) is 11.9 Å². The zero-order valence-electron chi connectivity index (χ0n) is 10.3. The van der Waals surface area contributed by atoms with Crippen LogP contribution < -0.4 is 5.32 Å².